The number of methoxy groups -OCH3 is 2. The van der Waals surface area contributed by atoms with Crippen LogP contribution in [0.25, 0.3) is 33.3 Å². The molecular weight excluding hydrogens is 322 g/mol. The average Bonchev–Trinajstić information content (AvgIpc) is 3.01. The summed E-state index contributed by atoms with van der Waals surface area (Å²) in [6.07, 6.45) is 0. The predicted molar refractivity (Wildman–Crippen MR) is 107 cm³/mol. The number of ether oxygens (including phenoxy) is 2. The molecule has 0 atom stereocenters. The number of aromatic nitrogens is 1. The number of aryl methyl sites for hydroxylation is 1. The van der Waals surface area contributed by atoms with Gasteiger partial charge in [0.25, 0.3) is 0 Å². The lowest BCUT2D eigenvalue weighted by Crippen LogP contribution is -1.96. The predicted octanol–water partition coefficient (Wildman–Crippen LogP) is 5.53. The van der Waals surface area contributed by atoms with Gasteiger partial charge in [-0.2, -0.15) is 0 Å². The fraction of sp³-hybridized carbons (Fsp3) is 0.130. The molecule has 3 aromatic carbocycles. The van der Waals surface area contributed by atoms with Crippen LogP contribution in [0.2, 0.25) is 0 Å². The van der Waals surface area contributed by atoms with Crippen molar-refractivity contribution >= 4 is 10.9 Å². The van der Waals surface area contributed by atoms with E-state index in [2.05, 4.69) is 60.1 Å². The fourth-order valence-corrected chi connectivity index (χ4v) is 3.60. The molecule has 0 aliphatic carbocycles. The minimum absolute atomic E-state index is 0.810. The molecular formula is C23H21NO2. The fourth-order valence-electron chi connectivity index (χ4n) is 3.60. The number of rotatable bonds is 4. The molecule has 0 saturated carbocycles. The molecule has 0 fully saturated rings. The molecule has 0 spiro atoms. The average molecular weight is 343 g/mol. The Kier molecular flexibility index (Phi) is 4.13. The van der Waals surface area contributed by atoms with Crippen LogP contribution in [0.5, 0.6) is 11.5 Å². The van der Waals surface area contributed by atoms with Crippen LogP contribution in [-0.4, -0.2) is 18.8 Å². The summed E-state index contributed by atoms with van der Waals surface area (Å²) in [6, 6.07) is 24.9. The van der Waals surface area contributed by atoms with E-state index in [4.69, 9.17) is 9.47 Å². The normalized spacial score (nSPS) is 10.9. The summed E-state index contributed by atoms with van der Waals surface area (Å²) in [5, 5.41) is 1.22. The number of hydrogen-bond acceptors (Lipinski definition) is 2. The van der Waals surface area contributed by atoms with Crippen LogP contribution in [0.1, 0.15) is 0 Å². The van der Waals surface area contributed by atoms with E-state index in [1.807, 2.05) is 24.3 Å². The zero-order valence-electron chi connectivity index (χ0n) is 15.2. The first kappa shape index (κ1) is 16.3. The third-order valence-corrected chi connectivity index (χ3v) is 4.83. The van der Waals surface area contributed by atoms with Gasteiger partial charge in [0.15, 0.2) is 0 Å². The topological polar surface area (TPSA) is 23.4 Å². The molecule has 1 aromatic heterocycles. The van der Waals surface area contributed by atoms with Crippen LogP contribution in [0.15, 0.2) is 72.8 Å². The lowest BCUT2D eigenvalue weighted by atomic mass is 9.97. The second-order valence-corrected chi connectivity index (χ2v) is 6.23. The highest BCUT2D eigenvalue weighted by Crippen LogP contribution is 2.44. The van der Waals surface area contributed by atoms with Crippen molar-refractivity contribution < 1.29 is 9.47 Å². The zero-order chi connectivity index (χ0) is 18.1. The summed E-state index contributed by atoms with van der Waals surface area (Å²) in [6.45, 7) is 0. The standard InChI is InChI=1S/C23H21NO2/c1-24-20-12-8-7-11-18(20)22(16-9-5-4-6-10-16)23(24)19-15-17(25-2)13-14-21(19)26-3/h4-15H,1-3H3. The van der Waals surface area contributed by atoms with Crippen molar-refractivity contribution in [2.75, 3.05) is 14.2 Å². The van der Waals surface area contributed by atoms with E-state index in [0.717, 1.165) is 22.8 Å². The first-order valence-corrected chi connectivity index (χ1v) is 8.60. The summed E-state index contributed by atoms with van der Waals surface area (Å²) >= 11 is 0. The Hall–Kier alpha value is -3.20. The van der Waals surface area contributed by atoms with E-state index in [1.165, 1.54) is 22.0 Å². The van der Waals surface area contributed by atoms with Crippen molar-refractivity contribution in [2.45, 2.75) is 0 Å². The van der Waals surface area contributed by atoms with Gasteiger partial charge in [0, 0.05) is 29.1 Å². The van der Waals surface area contributed by atoms with Crippen LogP contribution in [0.4, 0.5) is 0 Å². The lowest BCUT2D eigenvalue weighted by molar-refractivity contribution is 0.404. The Morgan fingerprint density at radius 3 is 2.23 bits per heavy atom. The van der Waals surface area contributed by atoms with E-state index in [0.29, 0.717) is 0 Å². The summed E-state index contributed by atoms with van der Waals surface area (Å²) in [7, 11) is 5.49. The molecule has 0 aliphatic rings. The Morgan fingerprint density at radius 2 is 1.50 bits per heavy atom. The highest BCUT2D eigenvalue weighted by molar-refractivity contribution is 6.05. The quantitative estimate of drug-likeness (QED) is 0.486. The van der Waals surface area contributed by atoms with Crippen LogP contribution < -0.4 is 9.47 Å². The maximum absolute atomic E-state index is 5.67. The van der Waals surface area contributed by atoms with Crippen molar-refractivity contribution in [1.29, 1.82) is 0 Å². The van der Waals surface area contributed by atoms with Crippen LogP contribution >= 0.6 is 0 Å². The Bertz CT molecular complexity index is 1060. The van der Waals surface area contributed by atoms with Gasteiger partial charge in [-0.15, -0.1) is 0 Å². The molecule has 0 radical (unpaired) electrons. The van der Waals surface area contributed by atoms with Gasteiger partial charge in [-0.3, -0.25) is 0 Å². The molecule has 0 bridgehead atoms. The van der Waals surface area contributed by atoms with E-state index in [9.17, 15) is 0 Å². The van der Waals surface area contributed by atoms with Gasteiger partial charge in [0.05, 0.1) is 19.9 Å². The number of nitrogens with zero attached hydrogens (tertiary/aromatic N) is 1. The van der Waals surface area contributed by atoms with Gasteiger partial charge in [0.2, 0.25) is 0 Å². The highest BCUT2D eigenvalue weighted by atomic mass is 16.5. The maximum Gasteiger partial charge on any atom is 0.128 e. The molecule has 3 nitrogen and oxygen atoms in total. The zero-order valence-corrected chi connectivity index (χ0v) is 15.2. The molecule has 1 heterocycles. The van der Waals surface area contributed by atoms with Crippen molar-refractivity contribution in [1.82, 2.24) is 4.57 Å². The van der Waals surface area contributed by atoms with Gasteiger partial charge in [0.1, 0.15) is 11.5 Å². The number of benzene rings is 3. The highest BCUT2D eigenvalue weighted by Gasteiger charge is 2.21. The largest absolute Gasteiger partial charge is 0.497 e. The van der Waals surface area contributed by atoms with Crippen molar-refractivity contribution in [3.8, 4) is 33.9 Å². The van der Waals surface area contributed by atoms with E-state index in [1.54, 1.807) is 14.2 Å². The summed E-state index contributed by atoms with van der Waals surface area (Å²) in [5.41, 5.74) is 5.71. The molecule has 0 aliphatic heterocycles. The first-order valence-electron chi connectivity index (χ1n) is 8.60. The minimum Gasteiger partial charge on any atom is -0.497 e. The second kappa shape index (κ2) is 6.60. The molecule has 4 aromatic rings. The van der Waals surface area contributed by atoms with Gasteiger partial charge in [-0.25, -0.2) is 0 Å². The second-order valence-electron chi connectivity index (χ2n) is 6.23. The third kappa shape index (κ3) is 2.53. The summed E-state index contributed by atoms with van der Waals surface area (Å²) in [4.78, 5) is 0. The van der Waals surface area contributed by atoms with Crippen LogP contribution in [0.3, 0.4) is 0 Å². The van der Waals surface area contributed by atoms with Gasteiger partial charge in [-0.1, -0.05) is 48.5 Å². The smallest absolute Gasteiger partial charge is 0.128 e. The summed E-state index contributed by atoms with van der Waals surface area (Å²) in [5.74, 6) is 1.64. The molecule has 0 N–H and O–H groups in total. The Labute approximate surface area is 153 Å². The third-order valence-electron chi connectivity index (χ3n) is 4.83. The maximum atomic E-state index is 5.67. The van der Waals surface area contributed by atoms with E-state index in [-0.39, 0.29) is 0 Å². The van der Waals surface area contributed by atoms with Crippen molar-refractivity contribution in [3.05, 3.63) is 72.8 Å². The van der Waals surface area contributed by atoms with Crippen molar-refractivity contribution in [2.24, 2.45) is 7.05 Å². The van der Waals surface area contributed by atoms with Crippen LogP contribution in [0, 0.1) is 0 Å². The monoisotopic (exact) mass is 343 g/mol. The number of hydrogen-bond donors (Lipinski definition) is 0. The lowest BCUT2D eigenvalue weighted by Gasteiger charge is -2.14. The van der Waals surface area contributed by atoms with Crippen molar-refractivity contribution in [3.63, 3.8) is 0 Å². The minimum atomic E-state index is 0.810. The van der Waals surface area contributed by atoms with Gasteiger partial charge in [-0.05, 0) is 29.8 Å². The SMILES string of the molecule is COc1ccc(OC)c(-c2c(-c3ccccc3)c3ccccc3n2C)c1. The number of fused-ring (bicyclic) bond motifs is 1. The van der Waals surface area contributed by atoms with Gasteiger partial charge < -0.3 is 14.0 Å². The van der Waals surface area contributed by atoms with E-state index >= 15 is 0 Å². The molecule has 26 heavy (non-hydrogen) atoms. The number of para-hydroxylation sites is 1. The van der Waals surface area contributed by atoms with Gasteiger partial charge >= 0.3 is 0 Å². The molecule has 130 valence electrons. The Balaban J connectivity index is 2.13. The molecule has 4 rings (SSSR count). The molecule has 3 heteroatoms. The Morgan fingerprint density at radius 1 is 0.769 bits per heavy atom. The molecule has 0 unspecified atom stereocenters. The first-order chi connectivity index (χ1) is 12.7. The van der Waals surface area contributed by atoms with Crippen LogP contribution in [-0.2, 0) is 7.05 Å². The summed E-state index contributed by atoms with van der Waals surface area (Å²) < 4.78 is 13.4. The molecule has 0 amide bonds. The molecule has 0 saturated heterocycles. The van der Waals surface area contributed by atoms with E-state index < -0.39 is 0 Å².